The number of benzene rings is 2. The second-order valence-electron chi connectivity index (χ2n) is 5.07. The zero-order valence-corrected chi connectivity index (χ0v) is 16.5. The van der Waals surface area contributed by atoms with Crippen LogP contribution in [0, 0.1) is 0 Å². The van der Waals surface area contributed by atoms with Gasteiger partial charge in [0, 0.05) is 15.1 Å². The predicted octanol–water partition coefficient (Wildman–Crippen LogP) is 3.75. The summed E-state index contributed by atoms with van der Waals surface area (Å²) in [5.74, 6) is -1.32. The summed E-state index contributed by atoms with van der Waals surface area (Å²) in [5.41, 5.74) is 0.604. The molecule has 0 saturated carbocycles. The third kappa shape index (κ3) is 5.60. The minimum atomic E-state index is -0.615. The van der Waals surface area contributed by atoms with Gasteiger partial charge in [-0.3, -0.25) is 4.79 Å². The maximum Gasteiger partial charge on any atom is 0.337 e. The molecular formula is C18H16BrNO5S. The summed E-state index contributed by atoms with van der Waals surface area (Å²) in [6.45, 7) is 0. The number of ether oxygens (including phenoxy) is 2. The zero-order chi connectivity index (χ0) is 19.1. The van der Waals surface area contributed by atoms with E-state index < -0.39 is 11.9 Å². The monoisotopic (exact) mass is 437 g/mol. The lowest BCUT2D eigenvalue weighted by molar-refractivity contribution is -0.113. The molecule has 136 valence electrons. The lowest BCUT2D eigenvalue weighted by Gasteiger charge is -2.09. The molecule has 2 aromatic carbocycles. The van der Waals surface area contributed by atoms with Crippen LogP contribution in [0.3, 0.4) is 0 Å². The SMILES string of the molecule is COC(=O)c1cc(NC(=O)CSc2ccc(Br)cc2)cc(C(=O)OC)c1. The van der Waals surface area contributed by atoms with Crippen molar-refractivity contribution in [2.75, 3.05) is 25.3 Å². The minimum Gasteiger partial charge on any atom is -0.465 e. The molecule has 0 spiro atoms. The Morgan fingerprint density at radius 3 is 2.00 bits per heavy atom. The van der Waals surface area contributed by atoms with Crippen LogP contribution in [-0.2, 0) is 14.3 Å². The Bertz CT molecular complexity index is 789. The van der Waals surface area contributed by atoms with Gasteiger partial charge in [-0.05, 0) is 42.5 Å². The van der Waals surface area contributed by atoms with Crippen LogP contribution in [0.2, 0.25) is 0 Å². The van der Waals surface area contributed by atoms with Crippen molar-refractivity contribution in [3.05, 3.63) is 58.1 Å². The van der Waals surface area contributed by atoms with Gasteiger partial charge in [0.1, 0.15) is 0 Å². The molecule has 0 fully saturated rings. The molecule has 1 amide bonds. The second kappa shape index (κ2) is 9.40. The fourth-order valence-electron chi connectivity index (χ4n) is 2.05. The molecule has 6 nitrogen and oxygen atoms in total. The summed E-state index contributed by atoms with van der Waals surface area (Å²) in [6, 6.07) is 11.8. The number of halogens is 1. The second-order valence-corrected chi connectivity index (χ2v) is 7.04. The molecule has 0 aliphatic heterocycles. The van der Waals surface area contributed by atoms with E-state index in [2.05, 4.69) is 30.7 Å². The molecule has 8 heteroatoms. The van der Waals surface area contributed by atoms with Gasteiger partial charge in [-0.1, -0.05) is 15.9 Å². The van der Waals surface area contributed by atoms with Gasteiger partial charge >= 0.3 is 11.9 Å². The molecule has 26 heavy (non-hydrogen) atoms. The summed E-state index contributed by atoms with van der Waals surface area (Å²) in [6.07, 6.45) is 0. The van der Waals surface area contributed by atoms with Gasteiger partial charge in [0.15, 0.2) is 0 Å². The first-order valence-electron chi connectivity index (χ1n) is 7.43. The molecule has 1 N–H and O–H groups in total. The molecule has 0 bridgehead atoms. The zero-order valence-electron chi connectivity index (χ0n) is 14.1. The van der Waals surface area contributed by atoms with Crippen molar-refractivity contribution < 1.29 is 23.9 Å². The van der Waals surface area contributed by atoms with E-state index in [0.29, 0.717) is 5.69 Å². The Kier molecular flexibility index (Phi) is 7.23. The van der Waals surface area contributed by atoms with E-state index in [4.69, 9.17) is 0 Å². The Morgan fingerprint density at radius 2 is 1.50 bits per heavy atom. The Hall–Kier alpha value is -2.32. The smallest absolute Gasteiger partial charge is 0.337 e. The first-order valence-corrected chi connectivity index (χ1v) is 9.20. The molecule has 2 rings (SSSR count). The maximum atomic E-state index is 12.2. The van der Waals surface area contributed by atoms with Crippen molar-refractivity contribution in [3.8, 4) is 0 Å². The molecule has 0 atom stereocenters. The molecule has 0 aliphatic carbocycles. The van der Waals surface area contributed by atoms with Gasteiger partial charge in [-0.25, -0.2) is 9.59 Å². The van der Waals surface area contributed by atoms with Crippen LogP contribution in [0.15, 0.2) is 51.8 Å². The standard InChI is InChI=1S/C18H16BrNO5S/c1-24-17(22)11-7-12(18(23)25-2)9-14(8-11)20-16(21)10-26-15-5-3-13(19)4-6-15/h3-9H,10H2,1-2H3,(H,20,21). The van der Waals surface area contributed by atoms with Crippen molar-refractivity contribution in [1.82, 2.24) is 0 Å². The van der Waals surface area contributed by atoms with Crippen LogP contribution in [-0.4, -0.2) is 37.8 Å². The summed E-state index contributed by atoms with van der Waals surface area (Å²) >= 11 is 4.72. The summed E-state index contributed by atoms with van der Waals surface area (Å²) in [4.78, 5) is 36.6. The Labute approximate surface area is 163 Å². The Balaban J connectivity index is 2.11. The van der Waals surface area contributed by atoms with E-state index >= 15 is 0 Å². The Morgan fingerprint density at radius 1 is 0.962 bits per heavy atom. The van der Waals surface area contributed by atoms with Crippen molar-refractivity contribution in [1.29, 1.82) is 0 Å². The third-order valence-electron chi connectivity index (χ3n) is 3.24. The van der Waals surface area contributed by atoms with Crippen LogP contribution in [0.1, 0.15) is 20.7 Å². The highest BCUT2D eigenvalue weighted by Crippen LogP contribution is 2.22. The topological polar surface area (TPSA) is 81.7 Å². The quantitative estimate of drug-likeness (QED) is 0.547. The summed E-state index contributed by atoms with van der Waals surface area (Å²) < 4.78 is 10.3. The fraction of sp³-hybridized carbons (Fsp3) is 0.167. The summed E-state index contributed by atoms with van der Waals surface area (Å²) in [5, 5.41) is 2.68. The third-order valence-corrected chi connectivity index (χ3v) is 4.78. The highest BCUT2D eigenvalue weighted by Gasteiger charge is 2.15. The number of amides is 1. The van der Waals surface area contributed by atoms with Crippen LogP contribution < -0.4 is 5.32 Å². The van der Waals surface area contributed by atoms with E-state index in [1.54, 1.807) is 0 Å². The van der Waals surface area contributed by atoms with Crippen LogP contribution in [0.5, 0.6) is 0 Å². The normalized spacial score (nSPS) is 10.1. The number of thioether (sulfide) groups is 1. The largest absolute Gasteiger partial charge is 0.465 e. The number of esters is 2. The number of hydrogen-bond acceptors (Lipinski definition) is 6. The number of methoxy groups -OCH3 is 2. The van der Waals surface area contributed by atoms with Gasteiger partial charge in [0.2, 0.25) is 5.91 Å². The molecular weight excluding hydrogens is 422 g/mol. The first kappa shape index (κ1) is 20.0. The van der Waals surface area contributed by atoms with E-state index in [9.17, 15) is 14.4 Å². The molecule has 0 heterocycles. The molecule has 0 aromatic heterocycles. The lowest BCUT2D eigenvalue weighted by Crippen LogP contribution is -2.16. The van der Waals surface area contributed by atoms with Crippen molar-refractivity contribution in [2.45, 2.75) is 4.90 Å². The predicted molar refractivity (Wildman–Crippen MR) is 103 cm³/mol. The van der Waals surface area contributed by atoms with Gasteiger partial charge in [0.25, 0.3) is 0 Å². The number of hydrogen-bond donors (Lipinski definition) is 1. The molecule has 0 aliphatic rings. The van der Waals surface area contributed by atoms with Gasteiger partial charge in [-0.15, -0.1) is 11.8 Å². The number of anilines is 1. The highest BCUT2D eigenvalue weighted by molar-refractivity contribution is 9.10. The van der Waals surface area contributed by atoms with E-state index in [-0.39, 0.29) is 22.8 Å². The van der Waals surface area contributed by atoms with Crippen LogP contribution >= 0.6 is 27.7 Å². The fourth-order valence-corrected chi connectivity index (χ4v) is 3.01. The first-order chi connectivity index (χ1) is 12.4. The van der Waals surface area contributed by atoms with E-state index in [1.165, 1.54) is 44.2 Å². The highest BCUT2D eigenvalue weighted by atomic mass is 79.9. The maximum absolute atomic E-state index is 12.2. The van der Waals surface area contributed by atoms with Gasteiger partial charge < -0.3 is 14.8 Å². The van der Waals surface area contributed by atoms with Crippen molar-refractivity contribution in [3.63, 3.8) is 0 Å². The molecule has 0 saturated heterocycles. The van der Waals surface area contributed by atoms with Crippen molar-refractivity contribution in [2.24, 2.45) is 0 Å². The lowest BCUT2D eigenvalue weighted by atomic mass is 10.1. The van der Waals surface area contributed by atoms with E-state index in [1.807, 2.05) is 24.3 Å². The number of carbonyl (C=O) groups is 3. The number of carbonyl (C=O) groups excluding carboxylic acids is 3. The average Bonchev–Trinajstić information content (AvgIpc) is 2.65. The molecule has 0 unspecified atom stereocenters. The van der Waals surface area contributed by atoms with Gasteiger partial charge in [0.05, 0.1) is 31.1 Å². The van der Waals surface area contributed by atoms with Crippen LogP contribution in [0.4, 0.5) is 5.69 Å². The summed E-state index contributed by atoms with van der Waals surface area (Å²) in [7, 11) is 2.47. The number of nitrogens with one attached hydrogen (secondary N) is 1. The van der Waals surface area contributed by atoms with Gasteiger partial charge in [-0.2, -0.15) is 0 Å². The number of rotatable bonds is 6. The molecule has 2 aromatic rings. The average molecular weight is 438 g/mol. The van der Waals surface area contributed by atoms with Crippen molar-refractivity contribution >= 4 is 51.2 Å². The van der Waals surface area contributed by atoms with E-state index in [0.717, 1.165) is 9.37 Å². The minimum absolute atomic E-state index is 0.145. The molecule has 0 radical (unpaired) electrons. The van der Waals surface area contributed by atoms with Crippen LogP contribution in [0.25, 0.3) is 0 Å².